The number of rotatable bonds is 3. The summed E-state index contributed by atoms with van der Waals surface area (Å²) in [6.07, 6.45) is 1.02. The maximum absolute atomic E-state index is 12.7. The minimum atomic E-state index is -3.58. The van der Waals surface area contributed by atoms with E-state index in [-0.39, 0.29) is 10.6 Å². The summed E-state index contributed by atoms with van der Waals surface area (Å²) in [7, 11) is -3.58. The standard InChI is InChI=1S/C14H20N2O4S/c1-10-6-11(2)9-15(8-10)21(19,20)13-4-5-14(16(17)18)12(3)7-13/h4-5,7,10-11H,6,8-9H2,1-3H3. The zero-order valence-electron chi connectivity index (χ0n) is 12.4. The zero-order chi connectivity index (χ0) is 15.8. The molecule has 2 unspecified atom stereocenters. The van der Waals surface area contributed by atoms with E-state index in [1.54, 1.807) is 6.92 Å². The van der Waals surface area contributed by atoms with Gasteiger partial charge in [0.15, 0.2) is 0 Å². The lowest BCUT2D eigenvalue weighted by atomic mass is 9.94. The fourth-order valence-corrected chi connectivity index (χ4v) is 4.71. The van der Waals surface area contributed by atoms with Crippen molar-refractivity contribution in [2.24, 2.45) is 11.8 Å². The molecule has 1 heterocycles. The molecule has 0 aliphatic carbocycles. The van der Waals surface area contributed by atoms with Gasteiger partial charge in [0.1, 0.15) is 0 Å². The predicted octanol–water partition coefficient (Wildman–Crippen LogP) is 2.57. The molecule has 6 nitrogen and oxygen atoms in total. The van der Waals surface area contributed by atoms with Crippen LogP contribution >= 0.6 is 0 Å². The Bertz CT molecular complexity index is 647. The molecule has 0 amide bonds. The van der Waals surface area contributed by atoms with E-state index in [0.29, 0.717) is 30.5 Å². The maximum Gasteiger partial charge on any atom is 0.272 e. The lowest BCUT2D eigenvalue weighted by molar-refractivity contribution is -0.385. The molecule has 0 saturated carbocycles. The molecule has 21 heavy (non-hydrogen) atoms. The number of benzene rings is 1. The number of aryl methyl sites for hydroxylation is 1. The lowest BCUT2D eigenvalue weighted by Crippen LogP contribution is -2.42. The van der Waals surface area contributed by atoms with Gasteiger partial charge in [-0.2, -0.15) is 4.31 Å². The van der Waals surface area contributed by atoms with Crippen molar-refractivity contribution in [3.05, 3.63) is 33.9 Å². The Balaban J connectivity index is 2.35. The van der Waals surface area contributed by atoms with E-state index in [1.165, 1.54) is 22.5 Å². The molecule has 0 spiro atoms. The van der Waals surface area contributed by atoms with Crippen molar-refractivity contribution in [2.75, 3.05) is 13.1 Å². The van der Waals surface area contributed by atoms with Crippen LogP contribution in [0.4, 0.5) is 5.69 Å². The fourth-order valence-electron chi connectivity index (χ4n) is 2.94. The summed E-state index contributed by atoms with van der Waals surface area (Å²) < 4.78 is 26.8. The second kappa shape index (κ2) is 5.73. The minimum Gasteiger partial charge on any atom is -0.258 e. The van der Waals surface area contributed by atoms with Crippen molar-refractivity contribution in [3.63, 3.8) is 0 Å². The van der Waals surface area contributed by atoms with Gasteiger partial charge in [0.25, 0.3) is 5.69 Å². The number of hydrogen-bond donors (Lipinski definition) is 0. The summed E-state index contributed by atoms with van der Waals surface area (Å²) in [4.78, 5) is 10.4. The summed E-state index contributed by atoms with van der Waals surface area (Å²) >= 11 is 0. The van der Waals surface area contributed by atoms with Gasteiger partial charge in [0.05, 0.1) is 9.82 Å². The molecule has 0 N–H and O–H groups in total. The molecule has 1 fully saturated rings. The topological polar surface area (TPSA) is 80.5 Å². The van der Waals surface area contributed by atoms with Crippen molar-refractivity contribution in [2.45, 2.75) is 32.1 Å². The van der Waals surface area contributed by atoms with Crippen molar-refractivity contribution < 1.29 is 13.3 Å². The number of hydrogen-bond acceptors (Lipinski definition) is 4. The highest BCUT2D eigenvalue weighted by molar-refractivity contribution is 7.89. The Hall–Kier alpha value is -1.47. The lowest BCUT2D eigenvalue weighted by Gasteiger charge is -2.34. The highest BCUT2D eigenvalue weighted by atomic mass is 32.2. The summed E-state index contributed by atoms with van der Waals surface area (Å²) in [5, 5.41) is 10.8. The van der Waals surface area contributed by atoms with Gasteiger partial charge >= 0.3 is 0 Å². The number of nitro benzene ring substituents is 1. The van der Waals surface area contributed by atoms with Gasteiger partial charge in [-0.1, -0.05) is 13.8 Å². The van der Waals surface area contributed by atoms with E-state index < -0.39 is 14.9 Å². The van der Waals surface area contributed by atoms with Crippen LogP contribution in [0, 0.1) is 28.9 Å². The molecule has 0 aromatic heterocycles. The Morgan fingerprint density at radius 3 is 2.29 bits per heavy atom. The first-order valence-electron chi connectivity index (χ1n) is 6.97. The van der Waals surface area contributed by atoms with Crippen molar-refractivity contribution >= 4 is 15.7 Å². The summed E-state index contributed by atoms with van der Waals surface area (Å²) in [6, 6.07) is 3.97. The summed E-state index contributed by atoms with van der Waals surface area (Å²) in [6.45, 7) is 6.64. The molecule has 2 atom stereocenters. The van der Waals surface area contributed by atoms with E-state index >= 15 is 0 Å². The van der Waals surface area contributed by atoms with E-state index in [0.717, 1.165) is 6.42 Å². The van der Waals surface area contributed by atoms with Crippen molar-refractivity contribution in [3.8, 4) is 0 Å². The molecular formula is C14H20N2O4S. The van der Waals surface area contributed by atoms with E-state index in [9.17, 15) is 18.5 Å². The molecule has 1 aliphatic rings. The normalized spacial score (nSPS) is 24.0. The van der Waals surface area contributed by atoms with Gasteiger partial charge in [-0.25, -0.2) is 8.42 Å². The molecule has 1 aliphatic heterocycles. The zero-order valence-corrected chi connectivity index (χ0v) is 13.3. The van der Waals surface area contributed by atoms with Crippen LogP contribution in [0.25, 0.3) is 0 Å². The predicted molar refractivity (Wildman–Crippen MR) is 79.5 cm³/mol. The Morgan fingerprint density at radius 1 is 1.24 bits per heavy atom. The SMILES string of the molecule is Cc1cc(S(=O)(=O)N2CC(C)CC(C)C2)ccc1[N+](=O)[O-]. The highest BCUT2D eigenvalue weighted by Crippen LogP contribution is 2.28. The third-order valence-corrected chi connectivity index (χ3v) is 5.67. The molecule has 0 bridgehead atoms. The molecule has 1 aromatic carbocycles. The highest BCUT2D eigenvalue weighted by Gasteiger charge is 2.32. The van der Waals surface area contributed by atoms with Crippen LogP contribution in [0.1, 0.15) is 25.8 Å². The molecular weight excluding hydrogens is 292 g/mol. The first-order chi connectivity index (χ1) is 9.71. The quantitative estimate of drug-likeness (QED) is 0.634. The molecule has 2 rings (SSSR count). The first-order valence-corrected chi connectivity index (χ1v) is 8.41. The van der Waals surface area contributed by atoms with E-state index in [2.05, 4.69) is 0 Å². The largest absolute Gasteiger partial charge is 0.272 e. The van der Waals surface area contributed by atoms with Crippen LogP contribution in [0.5, 0.6) is 0 Å². The van der Waals surface area contributed by atoms with Gasteiger partial charge in [-0.15, -0.1) is 0 Å². The van der Waals surface area contributed by atoms with Crippen LogP contribution in [-0.2, 0) is 10.0 Å². The van der Waals surface area contributed by atoms with Crippen LogP contribution in [-0.4, -0.2) is 30.7 Å². The Kier molecular flexibility index (Phi) is 4.34. The average Bonchev–Trinajstić information content (AvgIpc) is 2.36. The van der Waals surface area contributed by atoms with Gasteiger partial charge in [-0.05, 0) is 37.3 Å². The summed E-state index contributed by atoms with van der Waals surface area (Å²) in [5.41, 5.74) is 0.300. The monoisotopic (exact) mass is 312 g/mol. The third-order valence-electron chi connectivity index (χ3n) is 3.84. The fraction of sp³-hybridized carbons (Fsp3) is 0.571. The second-order valence-electron chi connectivity index (χ2n) is 5.97. The van der Waals surface area contributed by atoms with Crippen molar-refractivity contribution in [1.29, 1.82) is 0 Å². The molecule has 7 heteroatoms. The van der Waals surface area contributed by atoms with Crippen LogP contribution in [0.2, 0.25) is 0 Å². The van der Waals surface area contributed by atoms with Crippen LogP contribution in [0.15, 0.2) is 23.1 Å². The number of nitro groups is 1. The maximum atomic E-state index is 12.7. The van der Waals surface area contributed by atoms with Gasteiger partial charge in [0.2, 0.25) is 10.0 Å². The first kappa shape index (κ1) is 15.9. The van der Waals surface area contributed by atoms with Gasteiger partial charge in [-0.3, -0.25) is 10.1 Å². The number of sulfonamides is 1. The molecule has 116 valence electrons. The molecule has 1 aromatic rings. The van der Waals surface area contributed by atoms with Crippen LogP contribution < -0.4 is 0 Å². The molecule has 1 saturated heterocycles. The average molecular weight is 312 g/mol. The van der Waals surface area contributed by atoms with Gasteiger partial charge in [0, 0.05) is 24.7 Å². The number of piperidine rings is 1. The Labute approximate surface area is 125 Å². The van der Waals surface area contributed by atoms with E-state index in [1.807, 2.05) is 13.8 Å². The summed E-state index contributed by atoms with van der Waals surface area (Å²) in [5.74, 6) is 0.644. The second-order valence-corrected chi connectivity index (χ2v) is 7.91. The van der Waals surface area contributed by atoms with Crippen molar-refractivity contribution in [1.82, 2.24) is 4.31 Å². The van der Waals surface area contributed by atoms with Gasteiger partial charge < -0.3 is 0 Å². The van der Waals surface area contributed by atoms with Crippen LogP contribution in [0.3, 0.4) is 0 Å². The van der Waals surface area contributed by atoms with E-state index in [4.69, 9.17) is 0 Å². The minimum absolute atomic E-state index is 0.0608. The Morgan fingerprint density at radius 2 is 1.81 bits per heavy atom. The molecule has 0 radical (unpaired) electrons. The number of nitrogens with zero attached hydrogens (tertiary/aromatic N) is 2. The third kappa shape index (κ3) is 3.24. The smallest absolute Gasteiger partial charge is 0.258 e.